The summed E-state index contributed by atoms with van der Waals surface area (Å²) < 4.78 is 27.3. The smallest absolute Gasteiger partial charge is 0.261 e. The molecule has 0 unspecified atom stereocenters. The maximum atomic E-state index is 12.4. The van der Waals surface area contributed by atoms with Crippen LogP contribution in [-0.4, -0.2) is 20.4 Å². The highest BCUT2D eigenvalue weighted by Crippen LogP contribution is 2.19. The number of nitrogens with one attached hydrogen (secondary N) is 2. The predicted octanol–water partition coefficient (Wildman–Crippen LogP) is 4.06. The van der Waals surface area contributed by atoms with E-state index >= 15 is 0 Å². The number of carbonyl (C=O) groups excluding carboxylic acids is 1. The van der Waals surface area contributed by atoms with Crippen molar-refractivity contribution in [2.75, 3.05) is 4.72 Å². The Hall–Kier alpha value is -2.05. The molecule has 0 aliphatic rings. The van der Waals surface area contributed by atoms with E-state index in [1.807, 2.05) is 6.92 Å². The molecule has 1 atom stereocenters. The predicted molar refractivity (Wildman–Crippen MR) is 101 cm³/mol. The average Bonchev–Trinajstić information content (AvgIpc) is 2.55. The molecule has 2 rings (SSSR count). The second-order valence-corrected chi connectivity index (χ2v) is 7.92. The van der Waals surface area contributed by atoms with E-state index in [1.54, 1.807) is 18.2 Å². The molecule has 0 fully saturated rings. The van der Waals surface area contributed by atoms with Gasteiger partial charge in [-0.3, -0.25) is 9.52 Å². The average molecular weight is 381 g/mol. The van der Waals surface area contributed by atoms with Crippen LogP contribution in [0.5, 0.6) is 0 Å². The molecule has 2 aromatic rings. The van der Waals surface area contributed by atoms with E-state index in [0.29, 0.717) is 16.3 Å². The van der Waals surface area contributed by atoms with Gasteiger partial charge >= 0.3 is 0 Å². The Balaban J connectivity index is 2.15. The molecule has 134 valence electrons. The molecule has 0 bridgehead atoms. The summed E-state index contributed by atoms with van der Waals surface area (Å²) in [6, 6.07) is 12.3. The van der Waals surface area contributed by atoms with Crippen LogP contribution in [0, 0.1) is 0 Å². The van der Waals surface area contributed by atoms with Crippen molar-refractivity contribution in [2.24, 2.45) is 0 Å². The first-order valence-electron chi connectivity index (χ1n) is 8.01. The second-order valence-electron chi connectivity index (χ2n) is 5.80. The van der Waals surface area contributed by atoms with Crippen molar-refractivity contribution >= 4 is 33.2 Å². The molecule has 0 heterocycles. The molecule has 0 saturated heterocycles. The Morgan fingerprint density at radius 1 is 1.16 bits per heavy atom. The highest BCUT2D eigenvalue weighted by Gasteiger charge is 2.15. The van der Waals surface area contributed by atoms with Gasteiger partial charge in [-0.15, -0.1) is 0 Å². The summed E-state index contributed by atoms with van der Waals surface area (Å²) in [6.07, 6.45) is 1.86. The highest BCUT2D eigenvalue weighted by atomic mass is 35.5. The van der Waals surface area contributed by atoms with Crippen LogP contribution in [-0.2, 0) is 10.0 Å². The number of hydrogen-bond acceptors (Lipinski definition) is 3. The SMILES string of the molecule is CCC[C@H](C)NC(=O)c1cccc(NS(=O)(=O)c2ccc(Cl)cc2)c1. The molecule has 1 amide bonds. The molecular formula is C18H21ClN2O3S. The summed E-state index contributed by atoms with van der Waals surface area (Å²) in [5, 5.41) is 3.35. The number of carbonyl (C=O) groups is 1. The third kappa shape index (κ3) is 5.47. The van der Waals surface area contributed by atoms with E-state index in [4.69, 9.17) is 11.6 Å². The van der Waals surface area contributed by atoms with Crippen molar-refractivity contribution in [3.63, 3.8) is 0 Å². The second kappa shape index (κ2) is 8.36. The Morgan fingerprint density at radius 2 is 1.84 bits per heavy atom. The number of anilines is 1. The van der Waals surface area contributed by atoms with Gasteiger partial charge in [0.2, 0.25) is 0 Å². The minimum Gasteiger partial charge on any atom is -0.350 e. The molecule has 0 radical (unpaired) electrons. The van der Waals surface area contributed by atoms with Crippen LogP contribution in [0.2, 0.25) is 5.02 Å². The zero-order valence-electron chi connectivity index (χ0n) is 14.1. The Morgan fingerprint density at radius 3 is 2.48 bits per heavy atom. The van der Waals surface area contributed by atoms with Gasteiger partial charge in [-0.05, 0) is 55.8 Å². The van der Waals surface area contributed by atoms with Crippen molar-refractivity contribution in [1.82, 2.24) is 5.32 Å². The van der Waals surface area contributed by atoms with E-state index < -0.39 is 10.0 Å². The van der Waals surface area contributed by atoms with E-state index in [1.165, 1.54) is 30.3 Å². The number of halogens is 1. The van der Waals surface area contributed by atoms with Crippen LogP contribution in [0.25, 0.3) is 0 Å². The topological polar surface area (TPSA) is 75.3 Å². The molecule has 5 nitrogen and oxygen atoms in total. The lowest BCUT2D eigenvalue weighted by atomic mass is 10.1. The van der Waals surface area contributed by atoms with E-state index in [2.05, 4.69) is 17.0 Å². The van der Waals surface area contributed by atoms with Crippen LogP contribution in [0.15, 0.2) is 53.4 Å². The van der Waals surface area contributed by atoms with Crippen molar-refractivity contribution in [3.8, 4) is 0 Å². The zero-order valence-corrected chi connectivity index (χ0v) is 15.7. The normalized spacial score (nSPS) is 12.4. The molecule has 25 heavy (non-hydrogen) atoms. The first-order chi connectivity index (χ1) is 11.8. The fraction of sp³-hybridized carbons (Fsp3) is 0.278. The highest BCUT2D eigenvalue weighted by molar-refractivity contribution is 7.92. The van der Waals surface area contributed by atoms with Crippen molar-refractivity contribution in [2.45, 2.75) is 37.6 Å². The van der Waals surface area contributed by atoms with Crippen LogP contribution in [0.3, 0.4) is 0 Å². The molecule has 0 spiro atoms. The fourth-order valence-corrected chi connectivity index (χ4v) is 3.54. The minimum atomic E-state index is -3.74. The summed E-state index contributed by atoms with van der Waals surface area (Å²) in [5.41, 5.74) is 0.727. The Bertz CT molecular complexity index is 836. The molecule has 0 aromatic heterocycles. The van der Waals surface area contributed by atoms with Gasteiger partial charge in [-0.25, -0.2) is 8.42 Å². The zero-order chi connectivity index (χ0) is 18.4. The van der Waals surface area contributed by atoms with Gasteiger partial charge in [-0.2, -0.15) is 0 Å². The number of amides is 1. The van der Waals surface area contributed by atoms with Crippen LogP contribution >= 0.6 is 11.6 Å². The molecule has 0 saturated carbocycles. The lowest BCUT2D eigenvalue weighted by Crippen LogP contribution is -2.32. The van der Waals surface area contributed by atoms with Crippen LogP contribution < -0.4 is 10.0 Å². The van der Waals surface area contributed by atoms with Crippen molar-refractivity contribution in [3.05, 3.63) is 59.1 Å². The van der Waals surface area contributed by atoms with Gasteiger partial charge in [-0.1, -0.05) is 31.0 Å². The molecule has 2 aromatic carbocycles. The maximum Gasteiger partial charge on any atom is 0.261 e. The third-order valence-electron chi connectivity index (χ3n) is 3.60. The van der Waals surface area contributed by atoms with Gasteiger partial charge in [0.1, 0.15) is 0 Å². The first-order valence-corrected chi connectivity index (χ1v) is 9.87. The number of rotatable bonds is 7. The van der Waals surface area contributed by atoms with Crippen LogP contribution in [0.1, 0.15) is 37.0 Å². The Kier molecular flexibility index (Phi) is 6.45. The quantitative estimate of drug-likeness (QED) is 0.760. The largest absolute Gasteiger partial charge is 0.350 e. The monoisotopic (exact) mass is 380 g/mol. The summed E-state index contributed by atoms with van der Waals surface area (Å²) in [6.45, 7) is 3.99. The third-order valence-corrected chi connectivity index (χ3v) is 5.25. The van der Waals surface area contributed by atoms with Gasteiger partial charge in [0, 0.05) is 22.3 Å². The van der Waals surface area contributed by atoms with Crippen LogP contribution in [0.4, 0.5) is 5.69 Å². The summed E-state index contributed by atoms with van der Waals surface area (Å²) in [4.78, 5) is 12.4. The van der Waals surface area contributed by atoms with Gasteiger partial charge in [0.05, 0.1) is 4.90 Å². The summed E-state index contributed by atoms with van der Waals surface area (Å²) >= 11 is 5.78. The Labute approximate surface area is 153 Å². The molecule has 0 aliphatic heterocycles. The summed E-state index contributed by atoms with van der Waals surface area (Å²) in [7, 11) is -3.74. The fourth-order valence-electron chi connectivity index (χ4n) is 2.36. The minimum absolute atomic E-state index is 0.0620. The van der Waals surface area contributed by atoms with E-state index in [0.717, 1.165) is 12.8 Å². The molecular weight excluding hydrogens is 360 g/mol. The van der Waals surface area contributed by atoms with Crippen molar-refractivity contribution in [1.29, 1.82) is 0 Å². The molecule has 0 aliphatic carbocycles. The van der Waals surface area contributed by atoms with Gasteiger partial charge < -0.3 is 5.32 Å². The number of hydrogen-bond donors (Lipinski definition) is 2. The first kappa shape index (κ1) is 19.3. The lowest BCUT2D eigenvalue weighted by Gasteiger charge is -2.14. The molecule has 2 N–H and O–H groups in total. The van der Waals surface area contributed by atoms with Gasteiger partial charge in [0.25, 0.3) is 15.9 Å². The number of sulfonamides is 1. The lowest BCUT2D eigenvalue weighted by molar-refractivity contribution is 0.0938. The standard InChI is InChI=1S/C18H21ClN2O3S/c1-3-5-13(2)20-18(22)14-6-4-7-16(12-14)21-25(23,24)17-10-8-15(19)9-11-17/h4,6-13,21H,3,5H2,1-2H3,(H,20,22)/t13-/m0/s1. The van der Waals surface area contributed by atoms with E-state index in [-0.39, 0.29) is 16.8 Å². The van der Waals surface area contributed by atoms with Crippen molar-refractivity contribution < 1.29 is 13.2 Å². The number of benzene rings is 2. The van der Waals surface area contributed by atoms with Gasteiger partial charge in [0.15, 0.2) is 0 Å². The maximum absolute atomic E-state index is 12.4. The molecule has 7 heteroatoms. The van der Waals surface area contributed by atoms with E-state index in [9.17, 15) is 13.2 Å². The summed E-state index contributed by atoms with van der Waals surface area (Å²) in [5.74, 6) is -0.228.